The second-order valence-electron chi connectivity index (χ2n) is 5.51. The molecule has 20 heavy (non-hydrogen) atoms. The fraction of sp³-hybridized carbons (Fsp3) is 0.333. The number of rotatable bonds is 2. The summed E-state index contributed by atoms with van der Waals surface area (Å²) in [5.41, 5.74) is 0.987. The first kappa shape index (κ1) is 14.9. The molecular weight excluding hydrogens is 264 g/mol. The van der Waals surface area contributed by atoms with Crippen LogP contribution in [0, 0.1) is 0 Å². The fourth-order valence-electron chi connectivity index (χ4n) is 1.91. The van der Waals surface area contributed by atoms with Crippen molar-refractivity contribution in [2.45, 2.75) is 39.5 Å². The first-order chi connectivity index (χ1) is 9.58. The fourth-order valence-corrected chi connectivity index (χ4v) is 2.65. The molecule has 0 spiro atoms. The standard InChI is InChI=1S/C11H12O.C7H10S/c1-8(2)11-7-9-5-3-4-6-10(9)12-11;1-6(2)7-4-3-5-8-7/h3-8H,1-2H3;3-6H,1-2H3. The Morgan fingerprint density at radius 2 is 1.65 bits per heavy atom. The highest BCUT2D eigenvalue weighted by Gasteiger charge is 2.05. The Balaban J connectivity index is 0.000000160. The summed E-state index contributed by atoms with van der Waals surface area (Å²) in [5, 5.41) is 3.32. The van der Waals surface area contributed by atoms with Crippen LogP contribution < -0.4 is 0 Å². The molecule has 0 amide bonds. The highest BCUT2D eigenvalue weighted by Crippen LogP contribution is 2.24. The molecule has 0 atom stereocenters. The number of furan rings is 1. The van der Waals surface area contributed by atoms with E-state index in [0.29, 0.717) is 11.8 Å². The lowest BCUT2D eigenvalue weighted by molar-refractivity contribution is 0.522. The molecule has 1 nitrogen and oxygen atoms in total. The predicted molar refractivity (Wildman–Crippen MR) is 88.7 cm³/mol. The zero-order chi connectivity index (χ0) is 14.5. The van der Waals surface area contributed by atoms with Gasteiger partial charge in [0.05, 0.1) is 0 Å². The van der Waals surface area contributed by atoms with Gasteiger partial charge in [0, 0.05) is 16.2 Å². The molecule has 0 aliphatic heterocycles. The van der Waals surface area contributed by atoms with Gasteiger partial charge in [-0.15, -0.1) is 11.3 Å². The first-order valence-corrected chi connectivity index (χ1v) is 7.97. The molecule has 106 valence electrons. The number of hydrogen-bond acceptors (Lipinski definition) is 2. The van der Waals surface area contributed by atoms with Crippen LogP contribution >= 0.6 is 11.3 Å². The van der Waals surface area contributed by atoms with Gasteiger partial charge in [0.25, 0.3) is 0 Å². The van der Waals surface area contributed by atoms with Gasteiger partial charge in [0.2, 0.25) is 0 Å². The lowest BCUT2D eigenvalue weighted by atomic mass is 10.1. The minimum atomic E-state index is 0.470. The Hall–Kier alpha value is -1.54. The second-order valence-corrected chi connectivity index (χ2v) is 6.49. The Labute approximate surface area is 125 Å². The van der Waals surface area contributed by atoms with Gasteiger partial charge in [0.1, 0.15) is 11.3 Å². The summed E-state index contributed by atoms with van der Waals surface area (Å²) in [7, 11) is 0. The van der Waals surface area contributed by atoms with Crippen LogP contribution in [-0.4, -0.2) is 0 Å². The van der Waals surface area contributed by atoms with E-state index in [0.717, 1.165) is 11.3 Å². The van der Waals surface area contributed by atoms with Crippen LogP contribution in [0.15, 0.2) is 52.3 Å². The summed E-state index contributed by atoms with van der Waals surface area (Å²) >= 11 is 1.83. The molecule has 2 aromatic heterocycles. The second kappa shape index (κ2) is 6.76. The Morgan fingerprint density at radius 1 is 0.900 bits per heavy atom. The topological polar surface area (TPSA) is 13.1 Å². The van der Waals surface area contributed by atoms with Gasteiger partial charge in [-0.2, -0.15) is 0 Å². The monoisotopic (exact) mass is 286 g/mol. The molecule has 2 heteroatoms. The van der Waals surface area contributed by atoms with E-state index >= 15 is 0 Å². The van der Waals surface area contributed by atoms with E-state index in [2.05, 4.69) is 57.3 Å². The quantitative estimate of drug-likeness (QED) is 0.529. The number of thiophene rings is 1. The summed E-state index contributed by atoms with van der Waals surface area (Å²) in [6.45, 7) is 8.70. The van der Waals surface area contributed by atoms with Gasteiger partial charge in [0.15, 0.2) is 0 Å². The average molecular weight is 286 g/mol. The predicted octanol–water partition coefficient (Wildman–Crippen LogP) is 6.43. The van der Waals surface area contributed by atoms with Crippen molar-refractivity contribution < 1.29 is 4.42 Å². The van der Waals surface area contributed by atoms with Gasteiger partial charge in [-0.25, -0.2) is 0 Å². The number of fused-ring (bicyclic) bond motifs is 1. The summed E-state index contributed by atoms with van der Waals surface area (Å²) in [6.07, 6.45) is 0. The molecule has 3 aromatic rings. The van der Waals surface area contributed by atoms with Gasteiger partial charge in [-0.1, -0.05) is 52.0 Å². The maximum absolute atomic E-state index is 5.63. The van der Waals surface area contributed by atoms with Crippen molar-refractivity contribution in [3.63, 3.8) is 0 Å². The van der Waals surface area contributed by atoms with Crippen LogP contribution in [0.25, 0.3) is 11.0 Å². The van der Waals surface area contributed by atoms with Crippen LogP contribution in [0.4, 0.5) is 0 Å². The molecule has 0 unspecified atom stereocenters. The zero-order valence-electron chi connectivity index (χ0n) is 12.6. The Kier molecular flexibility index (Phi) is 5.02. The van der Waals surface area contributed by atoms with Gasteiger partial charge in [-0.05, 0) is 29.5 Å². The van der Waals surface area contributed by atoms with Gasteiger partial charge >= 0.3 is 0 Å². The van der Waals surface area contributed by atoms with Crippen molar-refractivity contribution >= 4 is 22.3 Å². The van der Waals surface area contributed by atoms with Crippen LogP contribution in [0.2, 0.25) is 0 Å². The molecule has 3 rings (SSSR count). The van der Waals surface area contributed by atoms with Crippen LogP contribution in [0.5, 0.6) is 0 Å². The molecule has 0 aliphatic rings. The summed E-state index contributed by atoms with van der Waals surface area (Å²) < 4.78 is 5.63. The van der Waals surface area contributed by atoms with E-state index < -0.39 is 0 Å². The summed E-state index contributed by atoms with van der Waals surface area (Å²) in [4.78, 5) is 1.48. The van der Waals surface area contributed by atoms with E-state index in [4.69, 9.17) is 4.42 Å². The highest BCUT2D eigenvalue weighted by atomic mass is 32.1. The average Bonchev–Trinajstić information content (AvgIpc) is 3.08. The van der Waals surface area contributed by atoms with Crippen LogP contribution in [0.1, 0.15) is 50.2 Å². The van der Waals surface area contributed by atoms with Crippen molar-refractivity contribution in [3.8, 4) is 0 Å². The lowest BCUT2D eigenvalue weighted by Crippen LogP contribution is -1.79. The molecule has 1 aromatic carbocycles. The van der Waals surface area contributed by atoms with Crippen molar-refractivity contribution in [1.82, 2.24) is 0 Å². The van der Waals surface area contributed by atoms with Crippen LogP contribution in [0.3, 0.4) is 0 Å². The van der Waals surface area contributed by atoms with Crippen molar-refractivity contribution in [2.75, 3.05) is 0 Å². The van der Waals surface area contributed by atoms with E-state index in [-0.39, 0.29) is 0 Å². The maximum atomic E-state index is 5.63. The van der Waals surface area contributed by atoms with Crippen molar-refractivity contribution in [2.24, 2.45) is 0 Å². The molecule has 0 aliphatic carbocycles. The smallest absolute Gasteiger partial charge is 0.134 e. The molecule has 2 heterocycles. The minimum absolute atomic E-state index is 0.470. The Bertz CT molecular complexity index is 599. The van der Waals surface area contributed by atoms with Gasteiger partial charge in [-0.3, -0.25) is 0 Å². The Morgan fingerprint density at radius 3 is 2.15 bits per heavy atom. The van der Waals surface area contributed by atoms with E-state index in [1.807, 2.05) is 29.5 Å². The lowest BCUT2D eigenvalue weighted by Gasteiger charge is -1.95. The molecular formula is C18H22OS. The summed E-state index contributed by atoms with van der Waals surface area (Å²) in [6, 6.07) is 14.5. The molecule has 0 saturated carbocycles. The molecule has 0 fully saturated rings. The van der Waals surface area contributed by atoms with Crippen molar-refractivity contribution in [3.05, 3.63) is 58.5 Å². The van der Waals surface area contributed by atoms with Gasteiger partial charge < -0.3 is 4.42 Å². The third kappa shape index (κ3) is 3.73. The number of para-hydroxylation sites is 1. The third-order valence-electron chi connectivity index (χ3n) is 3.13. The molecule has 0 saturated heterocycles. The highest BCUT2D eigenvalue weighted by molar-refractivity contribution is 7.10. The maximum Gasteiger partial charge on any atom is 0.134 e. The molecule has 0 N–H and O–H groups in total. The minimum Gasteiger partial charge on any atom is -0.461 e. The first-order valence-electron chi connectivity index (χ1n) is 7.09. The van der Waals surface area contributed by atoms with E-state index in [9.17, 15) is 0 Å². The molecule has 0 bridgehead atoms. The van der Waals surface area contributed by atoms with E-state index in [1.54, 1.807) is 0 Å². The SMILES string of the molecule is CC(C)c1cc2ccccc2o1.CC(C)c1cccs1. The van der Waals surface area contributed by atoms with Crippen molar-refractivity contribution in [1.29, 1.82) is 0 Å². The normalized spacial score (nSPS) is 10.9. The van der Waals surface area contributed by atoms with E-state index in [1.165, 1.54) is 10.3 Å². The van der Waals surface area contributed by atoms with Crippen LogP contribution in [-0.2, 0) is 0 Å². The number of hydrogen-bond donors (Lipinski definition) is 0. The third-order valence-corrected chi connectivity index (χ3v) is 4.30. The number of benzene rings is 1. The summed E-state index contributed by atoms with van der Waals surface area (Å²) in [5.74, 6) is 2.24. The largest absolute Gasteiger partial charge is 0.461 e. The zero-order valence-corrected chi connectivity index (χ0v) is 13.4. The molecule has 0 radical (unpaired) electrons.